The molecule has 0 aliphatic carbocycles. The Bertz CT molecular complexity index is 1060. The van der Waals surface area contributed by atoms with E-state index in [2.05, 4.69) is 5.32 Å². The van der Waals surface area contributed by atoms with Crippen molar-refractivity contribution in [3.8, 4) is 0 Å². The third-order valence-corrected chi connectivity index (χ3v) is 6.41. The van der Waals surface area contributed by atoms with Crippen LogP contribution >= 0.6 is 23.2 Å². The summed E-state index contributed by atoms with van der Waals surface area (Å²) in [7, 11) is -2.38. The molecule has 0 radical (unpaired) electrons. The Morgan fingerprint density at radius 1 is 1.10 bits per heavy atom. The second-order valence-electron chi connectivity index (χ2n) is 7.16. The molecule has 7 nitrogen and oxygen atoms in total. The Morgan fingerprint density at radius 3 is 2.23 bits per heavy atom. The van der Waals surface area contributed by atoms with E-state index in [0.29, 0.717) is 5.02 Å². The van der Waals surface area contributed by atoms with Gasteiger partial charge in [0.05, 0.1) is 17.0 Å². The van der Waals surface area contributed by atoms with Crippen molar-refractivity contribution in [1.29, 1.82) is 0 Å². The van der Waals surface area contributed by atoms with Crippen LogP contribution in [0, 0.1) is 6.92 Å². The van der Waals surface area contributed by atoms with Gasteiger partial charge in [0.2, 0.25) is 21.8 Å². The molecule has 0 unspecified atom stereocenters. The highest BCUT2D eigenvalue weighted by Gasteiger charge is 2.30. The second kappa shape index (κ2) is 10.3. The minimum Gasteiger partial charge on any atom is -0.357 e. The van der Waals surface area contributed by atoms with Gasteiger partial charge in [-0.25, -0.2) is 8.42 Å². The first kappa shape index (κ1) is 25.0. The average Bonchev–Trinajstić information content (AvgIpc) is 2.70. The number of rotatable bonds is 8. The molecule has 0 aliphatic heterocycles. The maximum atomic E-state index is 13.3. The highest BCUT2D eigenvalue weighted by Crippen LogP contribution is 2.30. The lowest BCUT2D eigenvalue weighted by molar-refractivity contribution is -0.139. The van der Waals surface area contributed by atoms with Gasteiger partial charge in [0.15, 0.2) is 0 Å². The van der Waals surface area contributed by atoms with E-state index in [9.17, 15) is 18.0 Å². The van der Waals surface area contributed by atoms with Gasteiger partial charge in [-0.15, -0.1) is 0 Å². The van der Waals surface area contributed by atoms with Crippen molar-refractivity contribution in [3.63, 3.8) is 0 Å². The lowest BCUT2D eigenvalue weighted by Gasteiger charge is -2.31. The number of hydrogen-bond acceptors (Lipinski definition) is 4. The third-order valence-electron chi connectivity index (χ3n) is 4.74. The molecule has 0 heterocycles. The number of anilines is 1. The molecule has 0 saturated carbocycles. The molecule has 10 heteroatoms. The summed E-state index contributed by atoms with van der Waals surface area (Å²) >= 11 is 12.1. The van der Waals surface area contributed by atoms with Crippen LogP contribution in [0.25, 0.3) is 0 Å². The minimum absolute atomic E-state index is 0.0927. The number of aryl methyl sites for hydroxylation is 1. The summed E-state index contributed by atoms with van der Waals surface area (Å²) < 4.78 is 25.8. The topological polar surface area (TPSA) is 86.8 Å². The first-order valence-electron chi connectivity index (χ1n) is 9.43. The minimum atomic E-state index is -3.85. The number of likely N-dealkylation sites (N-methyl/N-ethyl adjacent to an activating group) is 1. The van der Waals surface area contributed by atoms with Crippen molar-refractivity contribution in [2.45, 2.75) is 26.4 Å². The van der Waals surface area contributed by atoms with Crippen molar-refractivity contribution < 1.29 is 18.0 Å². The van der Waals surface area contributed by atoms with Gasteiger partial charge in [0.1, 0.15) is 12.6 Å². The van der Waals surface area contributed by atoms with E-state index in [-0.39, 0.29) is 23.2 Å². The van der Waals surface area contributed by atoms with Gasteiger partial charge in [0.25, 0.3) is 0 Å². The van der Waals surface area contributed by atoms with E-state index in [1.807, 2.05) is 31.2 Å². The van der Waals surface area contributed by atoms with E-state index >= 15 is 0 Å². The van der Waals surface area contributed by atoms with E-state index in [1.165, 1.54) is 30.1 Å². The SMILES string of the molecule is CNC(=O)[C@@H](C)N(Cc1ccc(C)cc1)C(=O)CN(c1ccc(Cl)cc1Cl)S(C)(=O)=O. The zero-order valence-electron chi connectivity index (χ0n) is 17.7. The molecule has 2 aromatic carbocycles. The summed E-state index contributed by atoms with van der Waals surface area (Å²) in [6, 6.07) is 11.0. The number of nitrogens with zero attached hydrogens (tertiary/aromatic N) is 2. The number of halogens is 2. The molecule has 31 heavy (non-hydrogen) atoms. The maximum Gasteiger partial charge on any atom is 0.244 e. The molecule has 0 saturated heterocycles. The number of sulfonamides is 1. The molecule has 1 atom stereocenters. The Kier molecular flexibility index (Phi) is 8.34. The van der Waals surface area contributed by atoms with Crippen LogP contribution in [0.15, 0.2) is 42.5 Å². The summed E-state index contributed by atoms with van der Waals surface area (Å²) in [5, 5.41) is 2.95. The summed E-state index contributed by atoms with van der Waals surface area (Å²) in [6.07, 6.45) is 0.984. The third kappa shape index (κ3) is 6.59. The lowest BCUT2D eigenvalue weighted by atomic mass is 10.1. The molecule has 0 aliphatic rings. The normalized spacial score (nSPS) is 12.2. The van der Waals surface area contributed by atoms with Gasteiger partial charge in [-0.3, -0.25) is 13.9 Å². The predicted octanol–water partition coefficient (Wildman–Crippen LogP) is 3.23. The van der Waals surface area contributed by atoms with Crippen LogP contribution in [0.3, 0.4) is 0 Å². The van der Waals surface area contributed by atoms with Gasteiger partial charge in [-0.2, -0.15) is 0 Å². The van der Waals surface area contributed by atoms with Crippen LogP contribution in [-0.4, -0.2) is 51.0 Å². The highest BCUT2D eigenvalue weighted by atomic mass is 35.5. The molecule has 0 spiro atoms. The number of carbonyl (C=O) groups excluding carboxylic acids is 2. The van der Waals surface area contributed by atoms with Gasteiger partial charge < -0.3 is 10.2 Å². The van der Waals surface area contributed by atoms with Crippen molar-refractivity contribution in [2.75, 3.05) is 24.2 Å². The first-order chi connectivity index (χ1) is 14.4. The molecule has 168 valence electrons. The van der Waals surface area contributed by atoms with Crippen LogP contribution in [-0.2, 0) is 26.2 Å². The van der Waals surface area contributed by atoms with E-state index in [1.54, 1.807) is 6.92 Å². The Balaban J connectivity index is 2.40. The zero-order valence-corrected chi connectivity index (χ0v) is 20.1. The largest absolute Gasteiger partial charge is 0.357 e. The molecule has 2 amide bonds. The number of benzene rings is 2. The van der Waals surface area contributed by atoms with E-state index in [0.717, 1.165) is 21.7 Å². The monoisotopic (exact) mass is 485 g/mol. The fourth-order valence-corrected chi connectivity index (χ4v) is 4.38. The number of carbonyl (C=O) groups is 2. The van der Waals surface area contributed by atoms with Crippen LogP contribution in [0.5, 0.6) is 0 Å². The van der Waals surface area contributed by atoms with Crippen LogP contribution in [0.2, 0.25) is 10.0 Å². The molecule has 2 aromatic rings. The van der Waals surface area contributed by atoms with Gasteiger partial charge in [-0.05, 0) is 37.6 Å². The fourth-order valence-electron chi connectivity index (χ4n) is 2.96. The van der Waals surface area contributed by atoms with Gasteiger partial charge in [0, 0.05) is 18.6 Å². The number of nitrogens with one attached hydrogen (secondary N) is 1. The first-order valence-corrected chi connectivity index (χ1v) is 12.0. The molecular formula is C21H25Cl2N3O4S. The van der Waals surface area contributed by atoms with Crippen molar-refractivity contribution in [1.82, 2.24) is 10.2 Å². The molecule has 0 aromatic heterocycles. The Labute approximate surface area is 193 Å². The lowest BCUT2D eigenvalue weighted by Crippen LogP contribution is -2.50. The molecule has 1 N–H and O–H groups in total. The summed E-state index contributed by atoms with van der Waals surface area (Å²) in [5.74, 6) is -0.913. The Morgan fingerprint density at radius 2 is 1.71 bits per heavy atom. The van der Waals surface area contributed by atoms with Crippen LogP contribution in [0.1, 0.15) is 18.1 Å². The maximum absolute atomic E-state index is 13.3. The van der Waals surface area contributed by atoms with Crippen molar-refractivity contribution >= 4 is 50.7 Å². The number of hydrogen-bond donors (Lipinski definition) is 1. The quantitative estimate of drug-likeness (QED) is 0.621. The highest BCUT2D eigenvalue weighted by molar-refractivity contribution is 7.92. The Hall–Kier alpha value is -2.29. The van der Waals surface area contributed by atoms with Crippen LogP contribution in [0.4, 0.5) is 5.69 Å². The summed E-state index contributed by atoms with van der Waals surface area (Å²) in [4.78, 5) is 26.9. The summed E-state index contributed by atoms with van der Waals surface area (Å²) in [6.45, 7) is 3.15. The van der Waals surface area contributed by atoms with Gasteiger partial charge in [-0.1, -0.05) is 53.0 Å². The molecular weight excluding hydrogens is 461 g/mol. The fraction of sp³-hybridized carbons (Fsp3) is 0.333. The average molecular weight is 486 g/mol. The van der Waals surface area contributed by atoms with Crippen molar-refractivity contribution in [3.05, 3.63) is 63.6 Å². The summed E-state index contributed by atoms with van der Waals surface area (Å²) in [5.41, 5.74) is 2.00. The van der Waals surface area contributed by atoms with E-state index in [4.69, 9.17) is 23.2 Å². The smallest absolute Gasteiger partial charge is 0.244 e. The molecule has 2 rings (SSSR count). The molecule has 0 bridgehead atoms. The standard InChI is InChI=1S/C21H25Cl2N3O4S/c1-14-5-7-16(8-6-14)12-25(15(2)21(28)24-3)20(27)13-26(31(4,29)30)19-10-9-17(22)11-18(19)23/h5-11,15H,12-13H2,1-4H3,(H,24,28)/t15-/m1/s1. The second-order valence-corrected chi connectivity index (χ2v) is 9.91. The zero-order chi connectivity index (χ0) is 23.3. The van der Waals surface area contributed by atoms with Crippen molar-refractivity contribution in [2.24, 2.45) is 0 Å². The van der Waals surface area contributed by atoms with E-state index < -0.39 is 28.5 Å². The predicted molar refractivity (Wildman–Crippen MR) is 124 cm³/mol. The molecule has 0 fully saturated rings. The van der Waals surface area contributed by atoms with Crippen LogP contribution < -0.4 is 9.62 Å². The number of amides is 2. The van der Waals surface area contributed by atoms with Gasteiger partial charge >= 0.3 is 0 Å².